The molecule has 0 atom stereocenters. The third-order valence-corrected chi connectivity index (χ3v) is 5.83. The molecule has 0 aliphatic carbocycles. The lowest BCUT2D eigenvalue weighted by atomic mass is 10.0. The van der Waals surface area contributed by atoms with Gasteiger partial charge in [0.05, 0.1) is 6.54 Å². The first-order valence-corrected chi connectivity index (χ1v) is 9.82. The van der Waals surface area contributed by atoms with Gasteiger partial charge in [0.25, 0.3) is 0 Å². The Bertz CT molecular complexity index is 849. The van der Waals surface area contributed by atoms with E-state index in [0.717, 1.165) is 56.8 Å². The Balaban J connectivity index is 1.41. The number of carbonyl (C=O) groups excluding carboxylic acids is 1. The monoisotopic (exact) mass is 369 g/mol. The average molecular weight is 369 g/mol. The van der Waals surface area contributed by atoms with E-state index in [1.807, 2.05) is 39.8 Å². The maximum Gasteiger partial charge on any atom is 0.346 e. The molecule has 0 unspecified atom stereocenters. The fourth-order valence-corrected chi connectivity index (χ4v) is 4.25. The first kappa shape index (κ1) is 18.0. The molecule has 27 heavy (non-hydrogen) atoms. The zero-order valence-electron chi connectivity index (χ0n) is 15.9. The molecule has 1 aromatic carbocycles. The average Bonchev–Trinajstić information content (AvgIpc) is 2.85. The van der Waals surface area contributed by atoms with Crippen LogP contribution in [0.15, 0.2) is 35.1 Å². The second kappa shape index (κ2) is 7.68. The third-order valence-electron chi connectivity index (χ3n) is 5.83. The molecule has 2 aromatic rings. The summed E-state index contributed by atoms with van der Waals surface area (Å²) in [6.45, 7) is 6.32. The van der Waals surface area contributed by atoms with Gasteiger partial charge in [0.1, 0.15) is 5.82 Å². The molecule has 0 saturated carbocycles. The van der Waals surface area contributed by atoms with Gasteiger partial charge in [-0.25, -0.2) is 9.48 Å². The van der Waals surface area contributed by atoms with E-state index < -0.39 is 0 Å². The minimum absolute atomic E-state index is 0.0119. The lowest BCUT2D eigenvalue weighted by Gasteiger charge is -2.37. The van der Waals surface area contributed by atoms with Gasteiger partial charge in [0.2, 0.25) is 5.91 Å². The molecule has 2 aliphatic rings. The summed E-state index contributed by atoms with van der Waals surface area (Å²) in [6.07, 6.45) is 2.82. The van der Waals surface area contributed by atoms with Crippen LogP contribution in [0.3, 0.4) is 0 Å². The number of fused-ring (bicyclic) bond motifs is 1. The number of carbonyl (C=O) groups is 1. The van der Waals surface area contributed by atoms with Gasteiger partial charge >= 0.3 is 5.69 Å². The molecule has 0 N–H and O–H groups in total. The van der Waals surface area contributed by atoms with Crippen molar-refractivity contribution in [2.45, 2.75) is 45.3 Å². The number of hydrogen-bond donors (Lipinski definition) is 0. The van der Waals surface area contributed by atoms with Crippen LogP contribution in [0, 0.1) is 0 Å². The molecule has 1 aromatic heterocycles. The Hall–Kier alpha value is -2.41. The van der Waals surface area contributed by atoms with E-state index in [0.29, 0.717) is 19.1 Å². The van der Waals surface area contributed by atoms with Gasteiger partial charge in [-0.15, -0.1) is 0 Å². The van der Waals surface area contributed by atoms with Gasteiger partial charge in [-0.3, -0.25) is 14.3 Å². The topological polar surface area (TPSA) is 63.4 Å². The van der Waals surface area contributed by atoms with Crippen molar-refractivity contribution in [2.24, 2.45) is 0 Å². The molecule has 1 amide bonds. The number of hydrogen-bond acceptors (Lipinski definition) is 4. The molecule has 7 heteroatoms. The minimum atomic E-state index is -0.0119. The SMILES string of the molecule is CC(=O)N1CCC(N2CCc3nn(Cc4ccccc4)c(=O)n3CC2)CC1. The molecule has 7 nitrogen and oxygen atoms in total. The number of likely N-dealkylation sites (tertiary alicyclic amines) is 1. The van der Waals surface area contributed by atoms with Crippen molar-refractivity contribution in [1.29, 1.82) is 0 Å². The lowest BCUT2D eigenvalue weighted by molar-refractivity contribution is -0.130. The van der Waals surface area contributed by atoms with Crippen molar-refractivity contribution in [1.82, 2.24) is 24.1 Å². The molecule has 0 spiro atoms. The predicted molar refractivity (Wildman–Crippen MR) is 103 cm³/mol. The standard InChI is InChI=1S/C20H27N5O2/c1-16(26)22-10-7-18(8-11-22)23-12-9-19-21-25(20(27)24(19)14-13-23)15-17-5-3-2-4-6-17/h2-6,18H,7-15H2,1H3. The maximum absolute atomic E-state index is 12.8. The molecule has 1 saturated heterocycles. The van der Waals surface area contributed by atoms with Crippen molar-refractivity contribution < 1.29 is 4.79 Å². The number of rotatable bonds is 3. The molecule has 2 aliphatic heterocycles. The van der Waals surface area contributed by atoms with Gasteiger partial charge in [-0.2, -0.15) is 5.10 Å². The molecule has 3 heterocycles. The summed E-state index contributed by atoms with van der Waals surface area (Å²) in [7, 11) is 0. The Morgan fingerprint density at radius 1 is 1.07 bits per heavy atom. The zero-order valence-corrected chi connectivity index (χ0v) is 15.9. The summed E-state index contributed by atoms with van der Waals surface area (Å²) < 4.78 is 3.43. The number of benzene rings is 1. The highest BCUT2D eigenvalue weighted by molar-refractivity contribution is 5.73. The van der Waals surface area contributed by atoms with Crippen LogP contribution in [0.5, 0.6) is 0 Å². The Labute approximate surface area is 159 Å². The summed E-state index contributed by atoms with van der Waals surface area (Å²) in [5.41, 5.74) is 1.08. The molecule has 1 fully saturated rings. The van der Waals surface area contributed by atoms with Crippen LogP contribution in [0.4, 0.5) is 0 Å². The number of nitrogens with zero attached hydrogens (tertiary/aromatic N) is 5. The highest BCUT2D eigenvalue weighted by atomic mass is 16.2. The molecule has 0 bridgehead atoms. The predicted octanol–water partition coefficient (Wildman–Crippen LogP) is 0.962. The van der Waals surface area contributed by atoms with Crippen molar-refractivity contribution in [3.8, 4) is 0 Å². The molecular formula is C20H27N5O2. The van der Waals surface area contributed by atoms with Crippen molar-refractivity contribution in [3.05, 3.63) is 52.2 Å². The summed E-state index contributed by atoms with van der Waals surface area (Å²) in [5.74, 6) is 1.06. The largest absolute Gasteiger partial charge is 0.346 e. The highest BCUT2D eigenvalue weighted by Gasteiger charge is 2.28. The molecular weight excluding hydrogens is 342 g/mol. The van der Waals surface area contributed by atoms with E-state index in [4.69, 9.17) is 0 Å². The quantitative estimate of drug-likeness (QED) is 0.809. The fourth-order valence-electron chi connectivity index (χ4n) is 4.25. The summed E-state index contributed by atoms with van der Waals surface area (Å²) in [6, 6.07) is 10.5. The van der Waals surface area contributed by atoms with Crippen molar-refractivity contribution in [2.75, 3.05) is 26.2 Å². The first-order valence-electron chi connectivity index (χ1n) is 9.82. The normalized spacial score (nSPS) is 18.9. The minimum Gasteiger partial charge on any atom is -0.343 e. The lowest BCUT2D eigenvalue weighted by Crippen LogP contribution is -2.47. The molecule has 144 valence electrons. The van der Waals surface area contributed by atoms with E-state index in [1.165, 1.54) is 0 Å². The number of amides is 1. The van der Waals surface area contributed by atoms with Crippen LogP contribution in [0.1, 0.15) is 31.2 Å². The van der Waals surface area contributed by atoms with E-state index in [1.54, 1.807) is 11.6 Å². The third kappa shape index (κ3) is 3.83. The van der Waals surface area contributed by atoms with Gasteiger partial charge in [-0.1, -0.05) is 30.3 Å². The maximum atomic E-state index is 12.8. The van der Waals surface area contributed by atoms with Crippen LogP contribution in [0.2, 0.25) is 0 Å². The van der Waals surface area contributed by atoms with Gasteiger partial charge in [0.15, 0.2) is 0 Å². The molecule has 0 radical (unpaired) electrons. The summed E-state index contributed by atoms with van der Waals surface area (Å²) in [5, 5.41) is 4.61. The van der Waals surface area contributed by atoms with Crippen molar-refractivity contribution in [3.63, 3.8) is 0 Å². The van der Waals surface area contributed by atoms with E-state index in [9.17, 15) is 9.59 Å². The number of aromatic nitrogens is 3. The second-order valence-corrected chi connectivity index (χ2v) is 7.52. The summed E-state index contributed by atoms with van der Waals surface area (Å²) in [4.78, 5) is 28.7. The molecule has 4 rings (SSSR count). The van der Waals surface area contributed by atoms with Gasteiger partial charge < -0.3 is 4.90 Å². The van der Waals surface area contributed by atoms with Crippen LogP contribution in [0.25, 0.3) is 0 Å². The van der Waals surface area contributed by atoms with Crippen molar-refractivity contribution >= 4 is 5.91 Å². The van der Waals surface area contributed by atoms with Crippen LogP contribution in [-0.2, 0) is 24.3 Å². The first-order chi connectivity index (χ1) is 13.1. The van der Waals surface area contributed by atoms with Gasteiger partial charge in [0, 0.05) is 52.1 Å². The van der Waals surface area contributed by atoms with E-state index >= 15 is 0 Å². The Morgan fingerprint density at radius 3 is 2.52 bits per heavy atom. The highest BCUT2D eigenvalue weighted by Crippen LogP contribution is 2.18. The van der Waals surface area contributed by atoms with Crippen LogP contribution in [-0.4, -0.2) is 62.3 Å². The Kier molecular flexibility index (Phi) is 5.11. The fraction of sp³-hybridized carbons (Fsp3) is 0.550. The van der Waals surface area contributed by atoms with Crippen LogP contribution < -0.4 is 5.69 Å². The van der Waals surface area contributed by atoms with Gasteiger partial charge in [-0.05, 0) is 18.4 Å². The smallest absolute Gasteiger partial charge is 0.343 e. The van der Waals surface area contributed by atoms with E-state index in [2.05, 4.69) is 10.00 Å². The van der Waals surface area contributed by atoms with E-state index in [-0.39, 0.29) is 11.6 Å². The van der Waals surface area contributed by atoms with Crippen LogP contribution >= 0.6 is 0 Å². The zero-order chi connectivity index (χ0) is 18.8. The summed E-state index contributed by atoms with van der Waals surface area (Å²) >= 11 is 0. The number of piperidine rings is 1. The Morgan fingerprint density at radius 2 is 1.81 bits per heavy atom. The second-order valence-electron chi connectivity index (χ2n) is 7.52.